The van der Waals surface area contributed by atoms with Crippen molar-refractivity contribution in [2.45, 2.75) is 12.5 Å². The van der Waals surface area contributed by atoms with E-state index in [1.807, 2.05) is 60.7 Å². The zero-order valence-corrected chi connectivity index (χ0v) is 20.7. The molecule has 3 rings (SSSR count). The molecule has 3 aromatic rings. The maximum absolute atomic E-state index is 13.4. The van der Waals surface area contributed by atoms with Gasteiger partial charge in [-0.1, -0.05) is 82.7 Å². The third-order valence-corrected chi connectivity index (χ3v) is 4.77. The standard InChI is InChI=1S/C16H12ClFINO.C7H5N.2ClH/c17-13-9-16(12(10-20)8-14(13)18)21-15(6-7-19)11-4-2-1-3-5-11;8-6-7-4-2-1-3-5-7;;/h1-5,8-9,15H,6-7H2;1-5H;2*1H/t15-;;;/m1.../s1. The lowest BCUT2D eigenvalue weighted by Crippen LogP contribution is -2.09. The van der Waals surface area contributed by atoms with Gasteiger partial charge in [0.1, 0.15) is 23.7 Å². The molecule has 0 fully saturated rings. The van der Waals surface area contributed by atoms with Crippen LogP contribution < -0.4 is 4.74 Å². The van der Waals surface area contributed by atoms with Crippen LogP contribution in [-0.4, -0.2) is 4.43 Å². The summed E-state index contributed by atoms with van der Waals surface area (Å²) in [6.07, 6.45) is 0.585. The number of halogens is 5. The van der Waals surface area contributed by atoms with E-state index in [1.165, 1.54) is 6.07 Å². The first-order valence-corrected chi connectivity index (χ1v) is 10.6. The van der Waals surface area contributed by atoms with Crippen molar-refractivity contribution in [3.05, 3.63) is 100 Å². The summed E-state index contributed by atoms with van der Waals surface area (Å²) in [5.74, 6) is -0.312. The summed E-state index contributed by atoms with van der Waals surface area (Å²) in [6.45, 7) is 0. The second-order valence-corrected chi connectivity index (χ2v) is 7.33. The minimum atomic E-state index is -0.620. The molecule has 0 heterocycles. The maximum atomic E-state index is 13.4. The van der Waals surface area contributed by atoms with E-state index in [0.717, 1.165) is 22.5 Å². The average molecular weight is 592 g/mol. The molecule has 0 saturated heterocycles. The molecule has 31 heavy (non-hydrogen) atoms. The normalized spacial score (nSPS) is 9.97. The van der Waals surface area contributed by atoms with E-state index in [4.69, 9.17) is 26.9 Å². The third-order valence-electron chi connectivity index (χ3n) is 3.86. The molecule has 0 spiro atoms. The minimum Gasteiger partial charge on any atom is -0.484 e. The van der Waals surface area contributed by atoms with Crippen LogP contribution in [0, 0.1) is 28.5 Å². The van der Waals surface area contributed by atoms with Gasteiger partial charge in [-0.2, -0.15) is 10.5 Å². The molecule has 0 amide bonds. The number of alkyl halides is 1. The van der Waals surface area contributed by atoms with Gasteiger partial charge in [-0.05, 0) is 30.2 Å². The van der Waals surface area contributed by atoms with Gasteiger partial charge in [-0.25, -0.2) is 4.39 Å². The van der Waals surface area contributed by atoms with Crippen molar-refractivity contribution >= 4 is 59.0 Å². The van der Waals surface area contributed by atoms with Crippen molar-refractivity contribution < 1.29 is 9.13 Å². The van der Waals surface area contributed by atoms with Crippen LogP contribution in [0.4, 0.5) is 4.39 Å². The highest BCUT2D eigenvalue weighted by Gasteiger charge is 2.16. The highest BCUT2D eigenvalue weighted by atomic mass is 127. The number of hydrogen-bond donors (Lipinski definition) is 0. The lowest BCUT2D eigenvalue weighted by molar-refractivity contribution is 0.203. The van der Waals surface area contributed by atoms with Crippen LogP contribution in [0.2, 0.25) is 5.02 Å². The molecule has 0 aromatic heterocycles. The summed E-state index contributed by atoms with van der Waals surface area (Å²) >= 11 is 8.05. The Kier molecular flexibility index (Phi) is 14.7. The molecule has 8 heteroatoms. The molecule has 0 saturated carbocycles. The summed E-state index contributed by atoms with van der Waals surface area (Å²) in [7, 11) is 0. The van der Waals surface area contributed by atoms with Crippen LogP contribution in [0.1, 0.15) is 29.2 Å². The van der Waals surface area contributed by atoms with Crippen molar-refractivity contribution in [3.63, 3.8) is 0 Å². The molecular weight excluding hydrogens is 573 g/mol. The highest BCUT2D eigenvalue weighted by molar-refractivity contribution is 14.1. The first kappa shape index (κ1) is 29.0. The van der Waals surface area contributed by atoms with Gasteiger partial charge in [-0.3, -0.25) is 0 Å². The zero-order chi connectivity index (χ0) is 21.1. The van der Waals surface area contributed by atoms with E-state index in [1.54, 1.807) is 12.1 Å². The highest BCUT2D eigenvalue weighted by Crippen LogP contribution is 2.31. The Labute approximate surface area is 212 Å². The van der Waals surface area contributed by atoms with E-state index in [-0.39, 0.29) is 41.5 Å². The van der Waals surface area contributed by atoms with Crippen LogP contribution in [0.25, 0.3) is 0 Å². The predicted octanol–water partition coefficient (Wildman–Crippen LogP) is 7.70. The lowest BCUT2D eigenvalue weighted by atomic mass is 10.1. The fourth-order valence-corrected chi connectivity index (χ4v) is 3.16. The first-order chi connectivity index (χ1) is 14.1. The fraction of sp³-hybridized carbons (Fsp3) is 0.130. The van der Waals surface area contributed by atoms with E-state index >= 15 is 0 Å². The molecule has 0 N–H and O–H groups in total. The van der Waals surface area contributed by atoms with E-state index in [0.29, 0.717) is 11.3 Å². The van der Waals surface area contributed by atoms with Crippen LogP contribution in [0.5, 0.6) is 5.75 Å². The smallest absolute Gasteiger partial charge is 0.143 e. The molecule has 0 aliphatic rings. The van der Waals surface area contributed by atoms with E-state index in [2.05, 4.69) is 22.6 Å². The summed E-state index contributed by atoms with van der Waals surface area (Å²) in [6, 6.07) is 25.3. The second kappa shape index (κ2) is 15.7. The van der Waals surface area contributed by atoms with Crippen LogP contribution in [-0.2, 0) is 0 Å². The predicted molar refractivity (Wildman–Crippen MR) is 135 cm³/mol. The third kappa shape index (κ3) is 9.33. The van der Waals surface area contributed by atoms with E-state index < -0.39 is 5.82 Å². The van der Waals surface area contributed by atoms with Gasteiger partial charge in [0, 0.05) is 10.5 Å². The topological polar surface area (TPSA) is 56.8 Å². The second-order valence-electron chi connectivity index (χ2n) is 5.85. The van der Waals surface area contributed by atoms with Crippen molar-refractivity contribution in [1.29, 1.82) is 10.5 Å². The van der Waals surface area contributed by atoms with Gasteiger partial charge in [-0.15, -0.1) is 24.8 Å². The molecule has 3 nitrogen and oxygen atoms in total. The molecular formula is C23H19Cl3FIN2O. The Bertz CT molecular complexity index is 1010. The Morgan fingerprint density at radius 2 is 1.52 bits per heavy atom. The number of nitrogens with zero attached hydrogens (tertiary/aromatic N) is 2. The molecule has 162 valence electrons. The van der Waals surface area contributed by atoms with Crippen LogP contribution >= 0.6 is 59.0 Å². The first-order valence-electron chi connectivity index (χ1n) is 8.71. The molecule has 0 bridgehead atoms. The van der Waals surface area contributed by atoms with Crippen LogP contribution in [0.15, 0.2) is 72.8 Å². The molecule has 0 aliphatic heterocycles. The van der Waals surface area contributed by atoms with Crippen molar-refractivity contribution in [3.8, 4) is 17.9 Å². The molecule has 0 unspecified atom stereocenters. The summed E-state index contributed by atoms with van der Waals surface area (Å²) in [5.41, 5.74) is 1.87. The van der Waals surface area contributed by atoms with Crippen molar-refractivity contribution in [2.75, 3.05) is 4.43 Å². The minimum absolute atomic E-state index is 0. The average Bonchev–Trinajstić information content (AvgIpc) is 2.77. The SMILES string of the molecule is Cl.Cl.N#Cc1cc(F)c(Cl)cc1O[C@H](CCI)c1ccccc1.N#Cc1ccccc1. The summed E-state index contributed by atoms with van der Waals surface area (Å²) in [4.78, 5) is 0. The van der Waals surface area contributed by atoms with Gasteiger partial charge in [0.05, 0.1) is 22.2 Å². The van der Waals surface area contributed by atoms with Gasteiger partial charge < -0.3 is 4.74 Å². The Morgan fingerprint density at radius 3 is 2.00 bits per heavy atom. The molecule has 3 aromatic carbocycles. The molecule has 0 aliphatic carbocycles. The summed E-state index contributed by atoms with van der Waals surface area (Å²) in [5, 5.41) is 17.3. The maximum Gasteiger partial charge on any atom is 0.143 e. The van der Waals surface area contributed by atoms with Gasteiger partial charge in [0.25, 0.3) is 0 Å². The van der Waals surface area contributed by atoms with E-state index in [9.17, 15) is 4.39 Å². The van der Waals surface area contributed by atoms with Crippen LogP contribution in [0.3, 0.4) is 0 Å². The Balaban J connectivity index is 0.000000764. The van der Waals surface area contributed by atoms with Gasteiger partial charge >= 0.3 is 0 Å². The Morgan fingerprint density at radius 1 is 0.935 bits per heavy atom. The van der Waals surface area contributed by atoms with Crippen molar-refractivity contribution in [2.24, 2.45) is 0 Å². The number of hydrogen-bond acceptors (Lipinski definition) is 3. The summed E-state index contributed by atoms with van der Waals surface area (Å²) < 4.78 is 20.2. The number of rotatable bonds is 5. The van der Waals surface area contributed by atoms with Crippen molar-refractivity contribution in [1.82, 2.24) is 0 Å². The molecule has 1 atom stereocenters. The lowest BCUT2D eigenvalue weighted by Gasteiger charge is -2.19. The largest absolute Gasteiger partial charge is 0.484 e. The Hall–Kier alpha value is -2.03. The quantitative estimate of drug-likeness (QED) is 0.226. The van der Waals surface area contributed by atoms with Gasteiger partial charge in [0.15, 0.2) is 0 Å². The molecule has 0 radical (unpaired) electrons. The number of ether oxygens (including phenoxy) is 1. The fourth-order valence-electron chi connectivity index (χ4n) is 2.44. The monoisotopic (exact) mass is 590 g/mol. The number of benzene rings is 3. The van der Waals surface area contributed by atoms with Gasteiger partial charge in [0.2, 0.25) is 0 Å². The number of nitriles is 2. The zero-order valence-electron chi connectivity index (χ0n) is 16.2.